The number of nitrogens with one attached hydrogen (secondary N) is 1. The van der Waals surface area contributed by atoms with Crippen LogP contribution in [0.15, 0.2) is 55.4 Å². The van der Waals surface area contributed by atoms with Crippen molar-refractivity contribution in [2.75, 3.05) is 13.7 Å². The average Bonchev–Trinajstić information content (AvgIpc) is 3.25. The van der Waals surface area contributed by atoms with Crippen LogP contribution in [0.1, 0.15) is 11.4 Å². The molecule has 0 aliphatic carbocycles. The molecule has 0 saturated heterocycles. The fourth-order valence-electron chi connectivity index (χ4n) is 2.52. The monoisotopic (exact) mass is 311 g/mol. The summed E-state index contributed by atoms with van der Waals surface area (Å²) in [7, 11) is 1.71. The van der Waals surface area contributed by atoms with Gasteiger partial charge in [0.05, 0.1) is 25.2 Å². The molecule has 23 heavy (non-hydrogen) atoms. The van der Waals surface area contributed by atoms with Crippen molar-refractivity contribution in [3.05, 3.63) is 66.8 Å². The maximum Gasteiger partial charge on any atom is 0.122 e. The zero-order valence-electron chi connectivity index (χ0n) is 13.2. The van der Waals surface area contributed by atoms with E-state index in [1.807, 2.05) is 35.6 Å². The van der Waals surface area contributed by atoms with Gasteiger partial charge in [0, 0.05) is 45.0 Å². The van der Waals surface area contributed by atoms with Crippen LogP contribution in [0.5, 0.6) is 0 Å². The quantitative estimate of drug-likeness (QED) is 0.691. The third-order valence-corrected chi connectivity index (χ3v) is 3.71. The summed E-state index contributed by atoms with van der Waals surface area (Å²) in [6.07, 6.45) is 9.37. The molecule has 120 valence electrons. The normalized spacial score (nSPS) is 11.0. The van der Waals surface area contributed by atoms with Crippen LogP contribution in [0, 0.1) is 0 Å². The van der Waals surface area contributed by atoms with Crippen molar-refractivity contribution in [1.29, 1.82) is 0 Å². The smallest absolute Gasteiger partial charge is 0.122 e. The van der Waals surface area contributed by atoms with E-state index in [9.17, 15) is 0 Å². The van der Waals surface area contributed by atoms with Gasteiger partial charge in [-0.25, -0.2) is 9.97 Å². The highest BCUT2D eigenvalue weighted by Crippen LogP contribution is 2.14. The van der Waals surface area contributed by atoms with Crippen LogP contribution in [0.2, 0.25) is 0 Å². The van der Waals surface area contributed by atoms with Crippen LogP contribution < -0.4 is 5.32 Å². The fourth-order valence-corrected chi connectivity index (χ4v) is 2.52. The van der Waals surface area contributed by atoms with E-state index in [1.165, 1.54) is 5.56 Å². The molecule has 3 rings (SSSR count). The first-order valence-corrected chi connectivity index (χ1v) is 7.64. The lowest BCUT2D eigenvalue weighted by Gasteiger charge is -2.12. The highest BCUT2D eigenvalue weighted by atomic mass is 16.5. The Morgan fingerprint density at radius 1 is 1.13 bits per heavy atom. The standard InChI is InChI=1S/C17H21N5O/c1-23-11-10-21-9-7-20-17(21)13-19-12-15-4-2-3-5-16(15)22-8-6-18-14-22/h2-9,14,19H,10-13H2,1H3. The molecule has 3 aromatic rings. The molecule has 0 aliphatic heterocycles. The van der Waals surface area contributed by atoms with Crippen molar-refractivity contribution in [3.8, 4) is 5.69 Å². The lowest BCUT2D eigenvalue weighted by molar-refractivity contribution is 0.186. The highest BCUT2D eigenvalue weighted by molar-refractivity contribution is 5.40. The first kappa shape index (κ1) is 15.5. The van der Waals surface area contributed by atoms with Crippen molar-refractivity contribution >= 4 is 0 Å². The second-order valence-electron chi connectivity index (χ2n) is 5.23. The number of benzene rings is 1. The molecule has 0 bridgehead atoms. The molecular formula is C17H21N5O. The number of hydrogen-bond donors (Lipinski definition) is 1. The van der Waals surface area contributed by atoms with E-state index in [0.29, 0.717) is 6.61 Å². The molecule has 0 saturated carbocycles. The van der Waals surface area contributed by atoms with Crippen molar-refractivity contribution in [1.82, 2.24) is 24.4 Å². The number of rotatable bonds is 8. The molecule has 0 unspecified atom stereocenters. The molecule has 6 heteroatoms. The number of aromatic nitrogens is 4. The lowest BCUT2D eigenvalue weighted by Crippen LogP contribution is -2.18. The molecular weight excluding hydrogens is 290 g/mol. The highest BCUT2D eigenvalue weighted by Gasteiger charge is 2.05. The molecule has 1 N–H and O–H groups in total. The van der Waals surface area contributed by atoms with Crippen molar-refractivity contribution in [2.45, 2.75) is 19.6 Å². The van der Waals surface area contributed by atoms with Gasteiger partial charge in [0.25, 0.3) is 0 Å². The second kappa shape index (κ2) is 7.71. The van der Waals surface area contributed by atoms with Crippen molar-refractivity contribution < 1.29 is 4.74 Å². The SMILES string of the molecule is COCCn1ccnc1CNCc1ccccc1-n1ccnc1. The van der Waals surface area contributed by atoms with E-state index in [-0.39, 0.29) is 0 Å². The Balaban J connectivity index is 1.63. The first-order valence-electron chi connectivity index (χ1n) is 7.64. The Labute approximate surface area is 135 Å². The molecule has 0 fully saturated rings. The average molecular weight is 311 g/mol. The molecule has 0 spiro atoms. The van der Waals surface area contributed by atoms with Gasteiger partial charge in [0.2, 0.25) is 0 Å². The number of para-hydroxylation sites is 1. The summed E-state index contributed by atoms with van der Waals surface area (Å²) in [5, 5.41) is 3.47. The predicted octanol–water partition coefficient (Wildman–Crippen LogP) is 2.00. The van der Waals surface area contributed by atoms with Gasteiger partial charge in [-0.15, -0.1) is 0 Å². The molecule has 0 radical (unpaired) electrons. The Morgan fingerprint density at radius 2 is 2.04 bits per heavy atom. The van der Waals surface area contributed by atoms with E-state index in [2.05, 4.69) is 38.1 Å². The molecule has 0 aliphatic rings. The largest absolute Gasteiger partial charge is 0.383 e. The maximum atomic E-state index is 5.12. The van der Waals surface area contributed by atoms with Gasteiger partial charge in [-0.05, 0) is 11.6 Å². The van der Waals surface area contributed by atoms with Gasteiger partial charge < -0.3 is 19.2 Å². The van der Waals surface area contributed by atoms with Crippen molar-refractivity contribution in [2.24, 2.45) is 0 Å². The summed E-state index contributed by atoms with van der Waals surface area (Å²) >= 11 is 0. The molecule has 2 heterocycles. The zero-order valence-corrected chi connectivity index (χ0v) is 13.2. The van der Waals surface area contributed by atoms with Gasteiger partial charge in [0.15, 0.2) is 0 Å². The fraction of sp³-hybridized carbons (Fsp3) is 0.294. The maximum absolute atomic E-state index is 5.12. The van der Waals surface area contributed by atoms with Crippen LogP contribution in [0.4, 0.5) is 0 Å². The van der Waals surface area contributed by atoms with E-state index in [0.717, 1.165) is 31.1 Å². The third kappa shape index (κ3) is 3.85. The summed E-state index contributed by atoms with van der Waals surface area (Å²) in [6.45, 7) is 2.99. The first-order chi connectivity index (χ1) is 11.4. The van der Waals surface area contributed by atoms with Gasteiger partial charge in [-0.2, -0.15) is 0 Å². The van der Waals surface area contributed by atoms with Crippen LogP contribution in [-0.2, 0) is 24.4 Å². The van der Waals surface area contributed by atoms with Crippen LogP contribution in [0.25, 0.3) is 5.69 Å². The minimum absolute atomic E-state index is 0.687. The Hall–Kier alpha value is -2.44. The molecule has 1 aromatic carbocycles. The number of imidazole rings is 2. The second-order valence-corrected chi connectivity index (χ2v) is 5.23. The number of hydrogen-bond acceptors (Lipinski definition) is 4. The van der Waals surface area contributed by atoms with Crippen LogP contribution in [0.3, 0.4) is 0 Å². The summed E-state index contributed by atoms with van der Waals surface area (Å²) in [4.78, 5) is 8.52. The van der Waals surface area contributed by atoms with Crippen LogP contribution >= 0.6 is 0 Å². The van der Waals surface area contributed by atoms with E-state index >= 15 is 0 Å². The lowest BCUT2D eigenvalue weighted by atomic mass is 10.1. The molecule has 0 atom stereocenters. The van der Waals surface area contributed by atoms with E-state index < -0.39 is 0 Å². The number of nitrogens with zero attached hydrogens (tertiary/aromatic N) is 4. The van der Waals surface area contributed by atoms with Gasteiger partial charge in [-0.3, -0.25) is 0 Å². The molecule has 6 nitrogen and oxygen atoms in total. The van der Waals surface area contributed by atoms with Crippen LogP contribution in [-0.4, -0.2) is 32.8 Å². The zero-order chi connectivity index (χ0) is 15.9. The summed E-state index contributed by atoms with van der Waals surface area (Å²) in [5.74, 6) is 1.02. The summed E-state index contributed by atoms with van der Waals surface area (Å²) in [5.41, 5.74) is 2.36. The summed E-state index contributed by atoms with van der Waals surface area (Å²) < 4.78 is 9.26. The Morgan fingerprint density at radius 3 is 2.87 bits per heavy atom. The van der Waals surface area contributed by atoms with Gasteiger partial charge >= 0.3 is 0 Å². The van der Waals surface area contributed by atoms with Gasteiger partial charge in [0.1, 0.15) is 5.82 Å². The van der Waals surface area contributed by atoms with Gasteiger partial charge in [-0.1, -0.05) is 18.2 Å². The summed E-state index contributed by atoms with van der Waals surface area (Å²) in [6, 6.07) is 8.31. The Bertz CT molecular complexity index is 720. The predicted molar refractivity (Wildman–Crippen MR) is 88.2 cm³/mol. The topological polar surface area (TPSA) is 56.9 Å². The number of methoxy groups -OCH3 is 1. The number of ether oxygens (including phenoxy) is 1. The van der Waals surface area contributed by atoms with Crippen molar-refractivity contribution in [3.63, 3.8) is 0 Å². The van der Waals surface area contributed by atoms with E-state index in [1.54, 1.807) is 13.3 Å². The molecule has 0 amide bonds. The van der Waals surface area contributed by atoms with E-state index in [4.69, 9.17) is 4.74 Å². The minimum Gasteiger partial charge on any atom is -0.383 e. The molecule has 2 aromatic heterocycles. The third-order valence-electron chi connectivity index (χ3n) is 3.71. The Kier molecular flexibility index (Phi) is 5.18. The minimum atomic E-state index is 0.687.